The lowest BCUT2D eigenvalue weighted by Gasteiger charge is -2.15. The highest BCUT2D eigenvalue weighted by atomic mass is 16.2. The Morgan fingerprint density at radius 1 is 1.17 bits per heavy atom. The molecule has 0 saturated heterocycles. The molecule has 0 heterocycles. The molecule has 1 rings (SSSR count). The van der Waals surface area contributed by atoms with Crippen molar-refractivity contribution in [2.24, 2.45) is 17.4 Å². The van der Waals surface area contributed by atoms with Crippen molar-refractivity contribution in [2.45, 2.75) is 19.9 Å². The summed E-state index contributed by atoms with van der Waals surface area (Å²) in [6, 6.07) is 5.85. The van der Waals surface area contributed by atoms with E-state index in [1.165, 1.54) is 0 Å². The van der Waals surface area contributed by atoms with Crippen molar-refractivity contribution in [1.29, 1.82) is 0 Å². The number of hydrogen-bond acceptors (Lipinski definition) is 3. The lowest BCUT2D eigenvalue weighted by Crippen LogP contribution is -2.34. The highest BCUT2D eigenvalue weighted by Crippen LogP contribution is 2.16. The summed E-state index contributed by atoms with van der Waals surface area (Å²) in [5.74, 6) is -0.459. The number of benzene rings is 1. The molecule has 0 saturated carbocycles. The minimum absolute atomic E-state index is 0.166. The van der Waals surface area contributed by atoms with Gasteiger partial charge in [-0.2, -0.15) is 0 Å². The van der Waals surface area contributed by atoms with Crippen LogP contribution in [0.15, 0.2) is 24.3 Å². The maximum Gasteiger partial charge on any atom is 0.316 e. The van der Waals surface area contributed by atoms with Crippen LogP contribution in [0, 0.1) is 5.92 Å². The number of carbonyl (C=O) groups is 2. The fraction of sp³-hybridized carbons (Fsp3) is 0.333. The van der Waals surface area contributed by atoms with Crippen LogP contribution >= 0.6 is 0 Å². The van der Waals surface area contributed by atoms with Crippen LogP contribution in [-0.4, -0.2) is 18.0 Å². The maximum atomic E-state index is 11.8. The number of rotatable bonds is 4. The number of amides is 3. The topological polar surface area (TPSA) is 110 Å². The van der Waals surface area contributed by atoms with Crippen LogP contribution in [0.3, 0.4) is 0 Å². The molecule has 0 aliphatic carbocycles. The number of anilines is 2. The summed E-state index contributed by atoms with van der Waals surface area (Å²) >= 11 is 0. The van der Waals surface area contributed by atoms with Gasteiger partial charge in [-0.25, -0.2) is 4.79 Å². The third-order valence-corrected chi connectivity index (χ3v) is 2.60. The van der Waals surface area contributed by atoms with Crippen LogP contribution in [0.4, 0.5) is 16.2 Å². The molecule has 0 bridgehead atoms. The zero-order valence-electron chi connectivity index (χ0n) is 10.4. The van der Waals surface area contributed by atoms with Crippen LogP contribution < -0.4 is 22.1 Å². The molecule has 98 valence electrons. The van der Waals surface area contributed by atoms with Crippen molar-refractivity contribution in [3.05, 3.63) is 24.3 Å². The zero-order valence-corrected chi connectivity index (χ0v) is 10.4. The quantitative estimate of drug-likeness (QED) is 0.642. The van der Waals surface area contributed by atoms with Gasteiger partial charge in [-0.1, -0.05) is 13.0 Å². The van der Waals surface area contributed by atoms with Crippen molar-refractivity contribution in [3.63, 3.8) is 0 Å². The second-order valence-corrected chi connectivity index (χ2v) is 4.21. The van der Waals surface area contributed by atoms with Crippen LogP contribution in [0.1, 0.15) is 13.8 Å². The zero-order chi connectivity index (χ0) is 13.7. The second kappa shape index (κ2) is 6.02. The molecule has 3 amide bonds. The largest absolute Gasteiger partial charge is 0.351 e. The molecule has 0 spiro atoms. The monoisotopic (exact) mass is 250 g/mol. The third-order valence-electron chi connectivity index (χ3n) is 2.60. The molecule has 1 aromatic rings. The molecule has 0 fully saturated rings. The number of nitrogens with one attached hydrogen (secondary N) is 2. The van der Waals surface area contributed by atoms with Crippen LogP contribution in [0.5, 0.6) is 0 Å². The first-order chi connectivity index (χ1) is 8.40. The number of urea groups is 1. The summed E-state index contributed by atoms with van der Waals surface area (Å²) in [5.41, 5.74) is 11.8. The minimum atomic E-state index is -0.651. The van der Waals surface area contributed by atoms with E-state index in [-0.39, 0.29) is 17.9 Å². The standard InChI is InChI=1S/C12H18N4O2/c1-7(8(2)13)11(17)15-9-4-3-5-10(6-9)16-12(14)18/h3-8H,13H2,1-2H3,(H,15,17)(H3,14,16,18). The van der Waals surface area contributed by atoms with Gasteiger partial charge < -0.3 is 22.1 Å². The summed E-state index contributed by atoms with van der Waals surface area (Å²) in [5, 5.41) is 5.16. The number of nitrogens with two attached hydrogens (primary N) is 2. The number of carbonyl (C=O) groups excluding carboxylic acids is 2. The van der Waals surface area contributed by atoms with Gasteiger partial charge in [0, 0.05) is 17.4 Å². The molecule has 1 aromatic carbocycles. The highest BCUT2D eigenvalue weighted by molar-refractivity contribution is 5.94. The van der Waals surface area contributed by atoms with Crippen molar-refractivity contribution in [2.75, 3.05) is 10.6 Å². The van der Waals surface area contributed by atoms with Gasteiger partial charge in [0.1, 0.15) is 0 Å². The molecule has 0 aromatic heterocycles. The Balaban J connectivity index is 2.73. The van der Waals surface area contributed by atoms with Crippen molar-refractivity contribution < 1.29 is 9.59 Å². The first kappa shape index (κ1) is 14.0. The van der Waals surface area contributed by atoms with E-state index in [2.05, 4.69) is 10.6 Å². The fourth-order valence-corrected chi connectivity index (χ4v) is 1.31. The lowest BCUT2D eigenvalue weighted by molar-refractivity contribution is -0.119. The molecule has 0 aliphatic rings. The summed E-state index contributed by atoms with van der Waals surface area (Å²) in [6.07, 6.45) is 0. The van der Waals surface area contributed by atoms with Gasteiger partial charge in [0.05, 0.1) is 5.92 Å². The Morgan fingerprint density at radius 2 is 1.72 bits per heavy atom. The fourth-order valence-electron chi connectivity index (χ4n) is 1.31. The molecule has 2 atom stereocenters. The Hall–Kier alpha value is -2.08. The molecular weight excluding hydrogens is 232 g/mol. The van der Waals surface area contributed by atoms with E-state index >= 15 is 0 Å². The second-order valence-electron chi connectivity index (χ2n) is 4.21. The first-order valence-electron chi connectivity index (χ1n) is 5.63. The van der Waals surface area contributed by atoms with E-state index in [4.69, 9.17) is 11.5 Å². The molecule has 6 heteroatoms. The van der Waals surface area contributed by atoms with E-state index < -0.39 is 6.03 Å². The van der Waals surface area contributed by atoms with E-state index in [1.54, 1.807) is 38.1 Å². The Kier molecular flexibility index (Phi) is 4.67. The number of primary amides is 1. The van der Waals surface area contributed by atoms with Crippen molar-refractivity contribution >= 4 is 23.3 Å². The average molecular weight is 250 g/mol. The summed E-state index contributed by atoms with van der Waals surface area (Å²) < 4.78 is 0. The van der Waals surface area contributed by atoms with Gasteiger partial charge in [-0.3, -0.25) is 4.79 Å². The van der Waals surface area contributed by atoms with Crippen molar-refractivity contribution in [3.8, 4) is 0 Å². The summed E-state index contributed by atoms with van der Waals surface area (Å²) in [4.78, 5) is 22.5. The summed E-state index contributed by atoms with van der Waals surface area (Å²) in [7, 11) is 0. The van der Waals surface area contributed by atoms with Gasteiger partial charge >= 0.3 is 6.03 Å². The predicted octanol–water partition coefficient (Wildman–Crippen LogP) is 1.10. The van der Waals surface area contributed by atoms with Gasteiger partial charge in [0.15, 0.2) is 0 Å². The van der Waals surface area contributed by atoms with Gasteiger partial charge in [0.25, 0.3) is 0 Å². The SMILES string of the molecule is CC(N)C(C)C(=O)Nc1cccc(NC(N)=O)c1. The van der Waals surface area contributed by atoms with Gasteiger partial charge in [-0.05, 0) is 25.1 Å². The lowest BCUT2D eigenvalue weighted by atomic mass is 10.0. The molecule has 6 nitrogen and oxygen atoms in total. The summed E-state index contributed by atoms with van der Waals surface area (Å²) in [6.45, 7) is 3.53. The van der Waals surface area contributed by atoms with E-state index in [1.807, 2.05) is 0 Å². The van der Waals surface area contributed by atoms with Crippen LogP contribution in [-0.2, 0) is 4.79 Å². The normalized spacial score (nSPS) is 13.5. The van der Waals surface area contributed by atoms with E-state index in [0.717, 1.165) is 0 Å². The molecule has 0 aliphatic heterocycles. The molecule has 0 radical (unpaired) electrons. The Bertz CT molecular complexity index is 445. The van der Waals surface area contributed by atoms with Gasteiger partial charge in [-0.15, -0.1) is 0 Å². The highest BCUT2D eigenvalue weighted by Gasteiger charge is 2.16. The van der Waals surface area contributed by atoms with E-state index in [0.29, 0.717) is 11.4 Å². The maximum absolute atomic E-state index is 11.8. The Morgan fingerprint density at radius 3 is 2.22 bits per heavy atom. The molecule has 18 heavy (non-hydrogen) atoms. The predicted molar refractivity (Wildman–Crippen MR) is 71.1 cm³/mol. The molecule has 2 unspecified atom stereocenters. The van der Waals surface area contributed by atoms with Crippen molar-refractivity contribution in [1.82, 2.24) is 0 Å². The minimum Gasteiger partial charge on any atom is -0.351 e. The average Bonchev–Trinajstić information content (AvgIpc) is 2.27. The van der Waals surface area contributed by atoms with Crippen LogP contribution in [0.2, 0.25) is 0 Å². The third kappa shape index (κ3) is 4.06. The molecule has 6 N–H and O–H groups in total. The Labute approximate surface area is 106 Å². The number of hydrogen-bond donors (Lipinski definition) is 4. The van der Waals surface area contributed by atoms with Gasteiger partial charge in [0.2, 0.25) is 5.91 Å². The smallest absolute Gasteiger partial charge is 0.316 e. The molecular formula is C12H18N4O2. The first-order valence-corrected chi connectivity index (χ1v) is 5.63. The van der Waals surface area contributed by atoms with Crippen LogP contribution in [0.25, 0.3) is 0 Å². The van der Waals surface area contributed by atoms with E-state index in [9.17, 15) is 9.59 Å².